The number of allylic oxidation sites excluding steroid dienone is 2. The molecular formula is C23H31NO5. The number of carbonyl (C=O) groups excluding carboxylic acids is 2. The fraction of sp³-hybridized carbons (Fsp3) is 0.522. The van der Waals surface area contributed by atoms with Gasteiger partial charge in [0.15, 0.2) is 11.6 Å². The maximum atomic E-state index is 12.4. The number of carbonyl (C=O) groups is 3. The molecule has 6 nitrogen and oxygen atoms in total. The van der Waals surface area contributed by atoms with Gasteiger partial charge in [-0.05, 0) is 50.8 Å². The fourth-order valence-corrected chi connectivity index (χ4v) is 3.50. The van der Waals surface area contributed by atoms with E-state index in [9.17, 15) is 19.5 Å². The summed E-state index contributed by atoms with van der Waals surface area (Å²) in [4.78, 5) is 36.6. The Kier molecular flexibility index (Phi) is 6.56. The number of carboxylic acid groups (broad SMARTS) is 1. The standard InChI is InChI=1S/C23H31NO5/c1-14(20-18(25)12-23(5,6)13-19(20)26)24-17(21(27)28)11-15-7-9-16(10-8-15)29-22(2,3)4/h7-10,17,24H,11-13H2,1-6H3,(H,27,28)/t17-/m0/s1. The summed E-state index contributed by atoms with van der Waals surface area (Å²) in [5.74, 6) is -0.801. The van der Waals surface area contributed by atoms with Gasteiger partial charge in [0, 0.05) is 25.0 Å². The quantitative estimate of drug-likeness (QED) is 0.558. The second-order valence-corrected chi connectivity index (χ2v) is 9.46. The molecule has 1 fully saturated rings. The highest BCUT2D eigenvalue weighted by Gasteiger charge is 2.37. The third-order valence-corrected chi connectivity index (χ3v) is 4.69. The SMILES string of the molecule is CC(N[C@@H](Cc1ccc(OC(C)(C)C)cc1)C(=O)O)=C1C(=O)CC(C)(C)CC1=O. The second kappa shape index (κ2) is 8.39. The normalized spacial score (nSPS) is 17.7. The minimum Gasteiger partial charge on any atom is -0.488 e. The summed E-state index contributed by atoms with van der Waals surface area (Å²) in [6.07, 6.45) is 0.768. The lowest BCUT2D eigenvalue weighted by Crippen LogP contribution is -2.40. The molecule has 0 unspecified atom stereocenters. The zero-order chi connectivity index (χ0) is 22.0. The lowest BCUT2D eigenvalue weighted by molar-refractivity contribution is -0.139. The first-order chi connectivity index (χ1) is 13.3. The third kappa shape index (κ3) is 6.44. The number of ether oxygens (including phenoxy) is 1. The van der Waals surface area contributed by atoms with Crippen LogP contribution in [0.5, 0.6) is 5.75 Å². The van der Waals surface area contributed by atoms with Crippen molar-refractivity contribution in [3.63, 3.8) is 0 Å². The van der Waals surface area contributed by atoms with Gasteiger partial charge in [-0.2, -0.15) is 0 Å². The summed E-state index contributed by atoms with van der Waals surface area (Å²) in [5.41, 5.74) is 0.566. The van der Waals surface area contributed by atoms with Crippen LogP contribution in [0, 0.1) is 5.41 Å². The van der Waals surface area contributed by atoms with Gasteiger partial charge in [-0.3, -0.25) is 9.59 Å². The van der Waals surface area contributed by atoms with Gasteiger partial charge in [-0.15, -0.1) is 0 Å². The van der Waals surface area contributed by atoms with Crippen LogP contribution in [-0.2, 0) is 20.8 Å². The van der Waals surface area contributed by atoms with Gasteiger partial charge in [0.25, 0.3) is 0 Å². The van der Waals surface area contributed by atoms with Crippen LogP contribution >= 0.6 is 0 Å². The summed E-state index contributed by atoms with van der Waals surface area (Å²) >= 11 is 0. The van der Waals surface area contributed by atoms with Crippen molar-refractivity contribution in [1.29, 1.82) is 0 Å². The number of Topliss-reactive ketones (excluding diaryl/α,β-unsaturated/α-hetero) is 2. The number of rotatable bonds is 6. The highest BCUT2D eigenvalue weighted by atomic mass is 16.5. The van der Waals surface area contributed by atoms with E-state index in [1.54, 1.807) is 19.1 Å². The molecular weight excluding hydrogens is 370 g/mol. The smallest absolute Gasteiger partial charge is 0.326 e. The van der Waals surface area contributed by atoms with Crippen LogP contribution in [0.3, 0.4) is 0 Å². The van der Waals surface area contributed by atoms with Gasteiger partial charge in [-0.25, -0.2) is 4.79 Å². The zero-order valence-corrected chi connectivity index (χ0v) is 18.1. The first-order valence-electron chi connectivity index (χ1n) is 9.82. The Morgan fingerprint density at radius 2 is 1.66 bits per heavy atom. The topological polar surface area (TPSA) is 92.7 Å². The van der Waals surface area contributed by atoms with E-state index in [1.807, 2.05) is 46.8 Å². The molecule has 0 aliphatic heterocycles. The summed E-state index contributed by atoms with van der Waals surface area (Å²) in [6, 6.07) is 6.30. The second-order valence-electron chi connectivity index (χ2n) is 9.46. The van der Waals surface area contributed by atoms with Crippen LogP contribution in [0.25, 0.3) is 0 Å². The number of nitrogens with one attached hydrogen (secondary N) is 1. The summed E-state index contributed by atoms with van der Waals surface area (Å²) in [6.45, 7) is 11.2. The van der Waals surface area contributed by atoms with Crippen LogP contribution in [-0.4, -0.2) is 34.3 Å². The lowest BCUT2D eigenvalue weighted by atomic mass is 9.73. The Morgan fingerprint density at radius 1 is 1.14 bits per heavy atom. The molecule has 158 valence electrons. The van der Waals surface area contributed by atoms with E-state index in [2.05, 4.69) is 5.32 Å². The summed E-state index contributed by atoms with van der Waals surface area (Å²) in [7, 11) is 0. The van der Waals surface area contributed by atoms with Gasteiger partial charge >= 0.3 is 5.97 Å². The van der Waals surface area contributed by atoms with E-state index < -0.39 is 12.0 Å². The van der Waals surface area contributed by atoms with Crippen molar-refractivity contribution in [2.24, 2.45) is 5.41 Å². The maximum Gasteiger partial charge on any atom is 0.326 e. The molecule has 0 aromatic heterocycles. The van der Waals surface area contributed by atoms with Crippen molar-refractivity contribution in [2.45, 2.75) is 72.4 Å². The number of benzene rings is 1. The first kappa shape index (κ1) is 22.7. The zero-order valence-electron chi connectivity index (χ0n) is 18.1. The molecule has 0 amide bonds. The minimum atomic E-state index is -1.05. The fourth-order valence-electron chi connectivity index (χ4n) is 3.50. The van der Waals surface area contributed by atoms with Gasteiger partial charge in [-0.1, -0.05) is 26.0 Å². The van der Waals surface area contributed by atoms with Crippen LogP contribution < -0.4 is 10.1 Å². The van der Waals surface area contributed by atoms with Crippen LogP contribution in [0.2, 0.25) is 0 Å². The molecule has 1 saturated carbocycles. The van der Waals surface area contributed by atoms with E-state index in [0.717, 1.165) is 5.56 Å². The molecule has 1 aromatic rings. The number of hydrogen-bond acceptors (Lipinski definition) is 5. The first-order valence-corrected chi connectivity index (χ1v) is 9.82. The Labute approximate surface area is 172 Å². The van der Waals surface area contributed by atoms with Crippen molar-refractivity contribution in [2.75, 3.05) is 0 Å². The molecule has 0 saturated heterocycles. The van der Waals surface area contributed by atoms with Crippen molar-refractivity contribution in [3.8, 4) is 5.75 Å². The highest BCUT2D eigenvalue weighted by Crippen LogP contribution is 2.34. The van der Waals surface area contributed by atoms with Crippen LogP contribution in [0.4, 0.5) is 0 Å². The summed E-state index contributed by atoms with van der Waals surface area (Å²) < 4.78 is 5.78. The number of ketones is 2. The molecule has 2 N–H and O–H groups in total. The maximum absolute atomic E-state index is 12.4. The number of aliphatic carboxylic acids is 1. The molecule has 1 aliphatic carbocycles. The molecule has 1 aromatic carbocycles. The molecule has 6 heteroatoms. The molecule has 0 heterocycles. The van der Waals surface area contributed by atoms with Crippen LogP contribution in [0.1, 0.15) is 59.9 Å². The average Bonchev–Trinajstić information content (AvgIpc) is 2.52. The van der Waals surface area contributed by atoms with E-state index in [0.29, 0.717) is 11.4 Å². The summed E-state index contributed by atoms with van der Waals surface area (Å²) in [5, 5.41) is 12.5. The Balaban J connectivity index is 2.15. The predicted molar refractivity (Wildman–Crippen MR) is 111 cm³/mol. The largest absolute Gasteiger partial charge is 0.488 e. The van der Waals surface area contributed by atoms with E-state index in [1.165, 1.54) is 0 Å². The predicted octanol–water partition coefficient (Wildman–Crippen LogP) is 3.68. The average molecular weight is 402 g/mol. The number of hydrogen-bond donors (Lipinski definition) is 2. The van der Waals surface area contributed by atoms with E-state index in [4.69, 9.17) is 4.74 Å². The van der Waals surface area contributed by atoms with E-state index >= 15 is 0 Å². The van der Waals surface area contributed by atoms with Crippen molar-refractivity contribution < 1.29 is 24.2 Å². The third-order valence-electron chi connectivity index (χ3n) is 4.69. The van der Waals surface area contributed by atoms with Gasteiger partial charge in [0.1, 0.15) is 17.4 Å². The molecule has 0 bridgehead atoms. The Bertz CT molecular complexity index is 806. The van der Waals surface area contributed by atoms with Crippen LogP contribution in [0.15, 0.2) is 35.5 Å². The highest BCUT2D eigenvalue weighted by molar-refractivity contribution is 6.22. The van der Waals surface area contributed by atoms with Gasteiger partial charge < -0.3 is 15.2 Å². The Morgan fingerprint density at radius 3 is 2.10 bits per heavy atom. The molecule has 1 atom stereocenters. The molecule has 0 spiro atoms. The van der Waals surface area contributed by atoms with Crippen molar-refractivity contribution in [3.05, 3.63) is 41.1 Å². The van der Waals surface area contributed by atoms with Gasteiger partial charge in [0.2, 0.25) is 0 Å². The Hall–Kier alpha value is -2.63. The molecule has 0 radical (unpaired) electrons. The van der Waals surface area contributed by atoms with E-state index in [-0.39, 0.29) is 47.4 Å². The molecule has 29 heavy (non-hydrogen) atoms. The molecule has 1 aliphatic rings. The number of carboxylic acids is 1. The van der Waals surface area contributed by atoms with Crippen molar-refractivity contribution in [1.82, 2.24) is 5.32 Å². The minimum absolute atomic E-state index is 0.101. The lowest BCUT2D eigenvalue weighted by Gasteiger charge is -2.30. The molecule has 2 rings (SSSR count). The van der Waals surface area contributed by atoms with Gasteiger partial charge in [0.05, 0.1) is 5.57 Å². The van der Waals surface area contributed by atoms with Crippen molar-refractivity contribution >= 4 is 17.5 Å². The monoisotopic (exact) mass is 401 g/mol.